The first-order chi connectivity index (χ1) is 7.88. The van der Waals surface area contributed by atoms with E-state index in [0.29, 0.717) is 0 Å². The summed E-state index contributed by atoms with van der Waals surface area (Å²) in [6, 6.07) is 1.73. The van der Waals surface area contributed by atoms with E-state index < -0.39 is 0 Å². The smallest absolute Gasteiger partial charge is 0.0226 e. The highest BCUT2D eigenvalue weighted by atomic mass is 15.2. The second kappa shape index (κ2) is 3.71. The Morgan fingerprint density at radius 1 is 0.812 bits per heavy atom. The van der Waals surface area contributed by atoms with Crippen LogP contribution in [-0.2, 0) is 0 Å². The molecular formula is C14H24N2. The van der Waals surface area contributed by atoms with Crippen molar-refractivity contribution < 1.29 is 0 Å². The van der Waals surface area contributed by atoms with Crippen LogP contribution in [0.4, 0.5) is 0 Å². The zero-order valence-corrected chi connectivity index (χ0v) is 10.2. The van der Waals surface area contributed by atoms with Crippen LogP contribution in [0.25, 0.3) is 0 Å². The van der Waals surface area contributed by atoms with E-state index in [4.69, 9.17) is 0 Å². The zero-order chi connectivity index (χ0) is 10.5. The fourth-order valence-corrected chi connectivity index (χ4v) is 4.88. The fraction of sp³-hybridized carbons (Fsp3) is 1.00. The molecule has 2 aliphatic carbocycles. The first-order valence-electron chi connectivity index (χ1n) is 7.37. The molecule has 0 radical (unpaired) electrons. The molecule has 3 saturated heterocycles. The number of rotatable bonds is 2. The number of hydrogen-bond acceptors (Lipinski definition) is 2. The molecule has 4 bridgehead atoms. The van der Waals surface area contributed by atoms with E-state index in [2.05, 4.69) is 10.2 Å². The van der Waals surface area contributed by atoms with Gasteiger partial charge in [0.2, 0.25) is 0 Å². The van der Waals surface area contributed by atoms with Crippen molar-refractivity contribution in [3.8, 4) is 0 Å². The lowest BCUT2D eigenvalue weighted by atomic mass is 9.82. The third kappa shape index (κ3) is 1.53. The van der Waals surface area contributed by atoms with Crippen LogP contribution in [0.3, 0.4) is 0 Å². The molecular weight excluding hydrogens is 196 g/mol. The maximum Gasteiger partial charge on any atom is 0.0226 e. The molecule has 0 aromatic carbocycles. The minimum Gasteiger partial charge on any atom is -0.309 e. The molecule has 90 valence electrons. The quantitative estimate of drug-likeness (QED) is 0.764. The number of nitrogens with one attached hydrogen (secondary N) is 1. The topological polar surface area (TPSA) is 15.3 Å². The van der Waals surface area contributed by atoms with Gasteiger partial charge in [0, 0.05) is 18.6 Å². The molecule has 16 heavy (non-hydrogen) atoms. The molecule has 2 nitrogen and oxygen atoms in total. The Labute approximate surface area is 98.8 Å². The highest BCUT2D eigenvalue weighted by Gasteiger charge is 2.42. The Hall–Kier alpha value is -0.0800. The highest BCUT2D eigenvalue weighted by Crippen LogP contribution is 2.45. The van der Waals surface area contributed by atoms with Gasteiger partial charge in [-0.25, -0.2) is 0 Å². The van der Waals surface area contributed by atoms with Gasteiger partial charge < -0.3 is 10.2 Å². The second-order valence-corrected chi connectivity index (χ2v) is 6.69. The van der Waals surface area contributed by atoms with E-state index in [-0.39, 0.29) is 0 Å². The molecule has 5 aliphatic rings. The summed E-state index contributed by atoms with van der Waals surface area (Å²) in [5.74, 6) is 3.13. The van der Waals surface area contributed by atoms with E-state index >= 15 is 0 Å². The monoisotopic (exact) mass is 220 g/mol. The summed E-state index contributed by atoms with van der Waals surface area (Å²) in [4.78, 5) is 2.67. The summed E-state index contributed by atoms with van der Waals surface area (Å²) in [7, 11) is 0. The average molecular weight is 220 g/mol. The second-order valence-electron chi connectivity index (χ2n) is 6.69. The van der Waals surface area contributed by atoms with Gasteiger partial charge in [-0.2, -0.15) is 0 Å². The maximum atomic E-state index is 4.04. The van der Waals surface area contributed by atoms with Crippen molar-refractivity contribution in [2.45, 2.75) is 50.6 Å². The molecule has 0 aromatic heterocycles. The molecule has 4 atom stereocenters. The Bertz CT molecular complexity index is 270. The minimum absolute atomic E-state index is 0.840. The summed E-state index contributed by atoms with van der Waals surface area (Å²) < 4.78 is 0. The molecule has 0 aromatic rings. The van der Waals surface area contributed by atoms with Gasteiger partial charge in [0.05, 0.1) is 0 Å². The molecule has 2 saturated carbocycles. The van der Waals surface area contributed by atoms with E-state index in [1.165, 1.54) is 51.7 Å². The summed E-state index contributed by atoms with van der Waals surface area (Å²) in [5.41, 5.74) is 0. The third-order valence-electron chi connectivity index (χ3n) is 5.82. The molecule has 5 rings (SSSR count). The fourth-order valence-electron chi connectivity index (χ4n) is 4.88. The van der Waals surface area contributed by atoms with Crippen LogP contribution in [0.2, 0.25) is 0 Å². The van der Waals surface area contributed by atoms with Crippen molar-refractivity contribution in [1.82, 2.24) is 10.2 Å². The molecule has 1 N–H and O–H groups in total. The SMILES string of the molecule is C1CC2CC1CC2NC1CN2CCC1CC2. The molecule has 4 unspecified atom stereocenters. The number of nitrogens with zero attached hydrogens (tertiary/aromatic N) is 1. The molecule has 3 heterocycles. The van der Waals surface area contributed by atoms with Crippen LogP contribution in [0.1, 0.15) is 38.5 Å². The van der Waals surface area contributed by atoms with Gasteiger partial charge in [0.15, 0.2) is 0 Å². The molecule has 0 amide bonds. The first-order valence-corrected chi connectivity index (χ1v) is 7.37. The normalized spacial score (nSPS) is 54.8. The third-order valence-corrected chi connectivity index (χ3v) is 5.82. The van der Waals surface area contributed by atoms with Gasteiger partial charge in [-0.1, -0.05) is 6.42 Å². The predicted molar refractivity (Wildman–Crippen MR) is 65.3 cm³/mol. The number of hydrogen-bond donors (Lipinski definition) is 1. The summed E-state index contributed by atoms with van der Waals surface area (Å²) in [6.45, 7) is 4.09. The van der Waals surface area contributed by atoms with Crippen LogP contribution in [-0.4, -0.2) is 36.6 Å². The van der Waals surface area contributed by atoms with E-state index in [0.717, 1.165) is 29.8 Å². The Kier molecular flexibility index (Phi) is 2.29. The van der Waals surface area contributed by atoms with Crippen molar-refractivity contribution in [1.29, 1.82) is 0 Å². The van der Waals surface area contributed by atoms with Crippen LogP contribution in [0.15, 0.2) is 0 Å². The van der Waals surface area contributed by atoms with E-state index in [9.17, 15) is 0 Å². The van der Waals surface area contributed by atoms with Crippen LogP contribution >= 0.6 is 0 Å². The van der Waals surface area contributed by atoms with Crippen LogP contribution in [0.5, 0.6) is 0 Å². The standard InChI is InChI=1S/C14H24N2/c1-2-12-7-10(1)8-13(12)15-14-9-16-5-3-11(14)4-6-16/h10-15H,1-9H2. The summed E-state index contributed by atoms with van der Waals surface area (Å²) in [6.07, 6.45) is 9.00. The van der Waals surface area contributed by atoms with Crippen molar-refractivity contribution in [3.05, 3.63) is 0 Å². The molecule has 2 heteroatoms. The Balaban J connectivity index is 1.40. The zero-order valence-electron chi connectivity index (χ0n) is 10.2. The summed E-state index contributed by atoms with van der Waals surface area (Å²) >= 11 is 0. The van der Waals surface area contributed by atoms with E-state index in [1.807, 2.05) is 0 Å². The van der Waals surface area contributed by atoms with Crippen molar-refractivity contribution in [3.63, 3.8) is 0 Å². The lowest BCUT2D eigenvalue weighted by Crippen LogP contribution is -2.58. The maximum absolute atomic E-state index is 4.04. The lowest BCUT2D eigenvalue weighted by molar-refractivity contribution is 0.0627. The molecule has 0 spiro atoms. The van der Waals surface area contributed by atoms with Gasteiger partial charge in [-0.15, -0.1) is 0 Å². The van der Waals surface area contributed by atoms with Crippen LogP contribution < -0.4 is 5.32 Å². The summed E-state index contributed by atoms with van der Waals surface area (Å²) in [5, 5.41) is 4.04. The average Bonchev–Trinajstić information content (AvgIpc) is 2.92. The molecule has 5 fully saturated rings. The van der Waals surface area contributed by atoms with Gasteiger partial charge in [0.25, 0.3) is 0 Å². The largest absolute Gasteiger partial charge is 0.309 e. The highest BCUT2D eigenvalue weighted by molar-refractivity contribution is 4.99. The minimum atomic E-state index is 0.840. The van der Waals surface area contributed by atoms with E-state index in [1.54, 1.807) is 6.42 Å². The first kappa shape index (κ1) is 9.90. The predicted octanol–water partition coefficient (Wildman–Crippen LogP) is 1.86. The number of fused-ring (bicyclic) bond motifs is 5. The van der Waals surface area contributed by atoms with Gasteiger partial charge >= 0.3 is 0 Å². The van der Waals surface area contributed by atoms with Gasteiger partial charge in [0.1, 0.15) is 0 Å². The Morgan fingerprint density at radius 3 is 2.25 bits per heavy atom. The number of piperidine rings is 3. The van der Waals surface area contributed by atoms with Gasteiger partial charge in [-0.3, -0.25) is 0 Å². The van der Waals surface area contributed by atoms with Crippen LogP contribution in [0, 0.1) is 17.8 Å². The Morgan fingerprint density at radius 2 is 1.69 bits per heavy atom. The lowest BCUT2D eigenvalue weighted by Gasteiger charge is -2.46. The van der Waals surface area contributed by atoms with Crippen molar-refractivity contribution >= 4 is 0 Å². The van der Waals surface area contributed by atoms with Crippen molar-refractivity contribution in [2.24, 2.45) is 17.8 Å². The van der Waals surface area contributed by atoms with Gasteiger partial charge in [-0.05, 0) is 62.9 Å². The van der Waals surface area contributed by atoms with Crippen molar-refractivity contribution in [2.75, 3.05) is 19.6 Å². The molecule has 3 aliphatic heterocycles.